The normalized spacial score (nSPS) is 14.9. The van der Waals surface area contributed by atoms with E-state index < -0.39 is 23.9 Å². The maximum Gasteiger partial charge on any atom is 0.335 e. The van der Waals surface area contributed by atoms with Crippen LogP contribution in [0.1, 0.15) is 121 Å². The lowest BCUT2D eigenvalue weighted by Gasteiger charge is -2.28. The molecule has 6 aromatic carbocycles. The smallest absolute Gasteiger partial charge is 0.335 e. The molecule has 0 radical (unpaired) electrons. The molecule has 0 spiro atoms. The number of carboxylic acid groups (broad SMARTS) is 4. The van der Waals surface area contributed by atoms with Crippen molar-refractivity contribution in [1.82, 2.24) is 0 Å². The number of unbranched alkanes of at least 4 members (excludes halogenated alkanes) is 4. The van der Waals surface area contributed by atoms with Gasteiger partial charge in [0.05, 0.1) is 11.1 Å². The minimum absolute atomic E-state index is 0.0768. The molecule has 2 aliphatic rings. The maximum atomic E-state index is 11.4. The van der Waals surface area contributed by atoms with Gasteiger partial charge in [0, 0.05) is 18.3 Å². The fourth-order valence-corrected chi connectivity index (χ4v) is 8.50. The highest BCUT2D eigenvalue weighted by Crippen LogP contribution is 2.53. The molecular formula is C54H56O10. The summed E-state index contributed by atoms with van der Waals surface area (Å²) in [6.07, 6.45) is 10.9. The minimum atomic E-state index is -0.952. The fourth-order valence-electron chi connectivity index (χ4n) is 8.50. The molecule has 0 saturated carbocycles. The van der Waals surface area contributed by atoms with Gasteiger partial charge in [0.25, 0.3) is 0 Å². The van der Waals surface area contributed by atoms with E-state index in [1.165, 1.54) is 21.9 Å². The summed E-state index contributed by atoms with van der Waals surface area (Å²) in [5.74, 6) is -2.89. The molecule has 8 rings (SSSR count). The van der Waals surface area contributed by atoms with Crippen molar-refractivity contribution in [2.75, 3.05) is 0 Å². The van der Waals surface area contributed by atoms with Crippen LogP contribution in [-0.4, -0.2) is 54.5 Å². The van der Waals surface area contributed by atoms with E-state index in [2.05, 4.69) is 69.3 Å². The maximum absolute atomic E-state index is 11.4. The Bertz CT molecular complexity index is 2520. The van der Waals surface area contributed by atoms with Crippen molar-refractivity contribution in [2.24, 2.45) is 0 Å². The number of benzene rings is 6. The second-order valence-corrected chi connectivity index (χ2v) is 17.0. The fraction of sp³-hybridized carbons (Fsp3) is 0.259. The Labute approximate surface area is 373 Å². The number of hydrogen-bond donors (Lipinski definition) is 6. The summed E-state index contributed by atoms with van der Waals surface area (Å²) in [4.78, 5) is 42.6. The van der Waals surface area contributed by atoms with Crippen molar-refractivity contribution >= 4 is 40.7 Å². The number of aromatic carboxylic acids is 2. The highest BCUT2D eigenvalue weighted by atomic mass is 16.4. The third-order valence-electron chi connectivity index (χ3n) is 11.7. The largest absolute Gasteiger partial charge is 0.508 e. The van der Waals surface area contributed by atoms with Crippen LogP contribution < -0.4 is 0 Å². The van der Waals surface area contributed by atoms with Gasteiger partial charge in [-0.2, -0.15) is 0 Å². The number of phenols is 2. The predicted molar refractivity (Wildman–Crippen MR) is 250 cm³/mol. The molecule has 1 unspecified atom stereocenters. The molecule has 0 saturated heterocycles. The summed E-state index contributed by atoms with van der Waals surface area (Å²) in [6, 6.07) is 39.1. The Morgan fingerprint density at radius 1 is 0.547 bits per heavy atom. The van der Waals surface area contributed by atoms with Gasteiger partial charge in [-0.05, 0) is 129 Å². The van der Waals surface area contributed by atoms with Crippen LogP contribution in [0.3, 0.4) is 0 Å². The number of rotatable bonds is 12. The lowest BCUT2D eigenvalue weighted by molar-refractivity contribution is -0.138. The lowest BCUT2D eigenvalue weighted by atomic mass is 9.75. The van der Waals surface area contributed by atoms with E-state index in [4.69, 9.17) is 25.5 Å². The van der Waals surface area contributed by atoms with Gasteiger partial charge in [-0.15, -0.1) is 0 Å². The zero-order valence-electron chi connectivity index (χ0n) is 36.5. The van der Waals surface area contributed by atoms with Crippen LogP contribution in [0.4, 0.5) is 0 Å². The van der Waals surface area contributed by atoms with Gasteiger partial charge in [-0.25, -0.2) is 9.59 Å². The van der Waals surface area contributed by atoms with Crippen LogP contribution in [-0.2, 0) is 26.8 Å². The molecule has 0 bridgehead atoms. The van der Waals surface area contributed by atoms with Crippen LogP contribution in [0.2, 0.25) is 0 Å². The first-order chi connectivity index (χ1) is 30.5. The quantitative estimate of drug-likeness (QED) is 0.0646. The molecule has 10 nitrogen and oxygen atoms in total. The SMILES string of the molecule is C1=Cc2cccc3cccc(c23)C1.CC1(C)CC(C)(c2ccc(C(=O)O)cc2)c2cc(C(=O)O)ccc21.O=C(O)CCCCCCCC(=O)O.Oc1ccc(-c2ccc(O)cc2)cc1. The van der Waals surface area contributed by atoms with Crippen molar-refractivity contribution in [1.29, 1.82) is 0 Å². The lowest BCUT2D eigenvalue weighted by Crippen LogP contribution is -2.23. The standard InChI is InChI=1S/C20H20O4.C13H10.C12H10O2.C9H16O4/c1-19(2)11-20(3,14-7-4-12(5-8-14)17(21)22)16-10-13(18(23)24)6-9-15(16)19;1-4-10-6-2-8-12-9-3-7-11(5-1)13(10)12;13-11-5-1-9(2-6-11)10-3-7-12(14)8-4-10;10-8(11)6-4-2-1-3-5-7-9(12)13/h4-10H,11H2,1-3H3,(H,21,22)(H,23,24);1-8H,9H2;1-8,13-14H;1-7H2,(H,10,11)(H,12,13). The summed E-state index contributed by atoms with van der Waals surface area (Å²) in [5, 5.41) is 56.0. The Hall–Kier alpha value is -7.20. The Morgan fingerprint density at radius 3 is 1.56 bits per heavy atom. The average Bonchev–Trinajstić information content (AvgIpc) is 3.49. The minimum Gasteiger partial charge on any atom is -0.508 e. The second kappa shape index (κ2) is 21.7. The van der Waals surface area contributed by atoms with Crippen molar-refractivity contribution in [3.63, 3.8) is 0 Å². The van der Waals surface area contributed by atoms with Crippen molar-refractivity contribution in [3.8, 4) is 22.6 Å². The van der Waals surface area contributed by atoms with E-state index in [1.54, 1.807) is 48.5 Å². The number of allylic oxidation sites excluding steroid dienone is 1. The molecule has 0 amide bonds. The zero-order chi connectivity index (χ0) is 46.4. The number of aromatic hydroxyl groups is 2. The molecular weight excluding hydrogens is 809 g/mol. The first kappa shape index (κ1) is 47.8. The van der Waals surface area contributed by atoms with Gasteiger partial charge in [-0.1, -0.05) is 131 Å². The van der Waals surface area contributed by atoms with Crippen LogP contribution >= 0.6 is 0 Å². The third-order valence-corrected chi connectivity index (χ3v) is 11.7. The van der Waals surface area contributed by atoms with Gasteiger partial charge in [-0.3, -0.25) is 9.59 Å². The highest BCUT2D eigenvalue weighted by Gasteiger charge is 2.46. The molecule has 1 atom stereocenters. The Morgan fingerprint density at radius 2 is 1.05 bits per heavy atom. The van der Waals surface area contributed by atoms with Crippen molar-refractivity contribution < 1.29 is 49.8 Å². The highest BCUT2D eigenvalue weighted by molar-refractivity contribution is 5.95. The Kier molecular flexibility index (Phi) is 16.2. The Balaban J connectivity index is 0.000000168. The number of carbonyl (C=O) groups is 4. The molecule has 0 heterocycles. The molecule has 0 aromatic heterocycles. The van der Waals surface area contributed by atoms with Crippen molar-refractivity contribution in [3.05, 3.63) is 172 Å². The molecule has 6 aromatic rings. The monoisotopic (exact) mass is 864 g/mol. The molecule has 64 heavy (non-hydrogen) atoms. The number of phenolic OH excluding ortho intramolecular Hbond substituents is 2. The van der Waals surface area contributed by atoms with Crippen LogP contribution in [0, 0.1) is 0 Å². The molecule has 0 aliphatic heterocycles. The summed E-state index contributed by atoms with van der Waals surface area (Å²) in [6.45, 7) is 6.41. The number of hydrogen-bond acceptors (Lipinski definition) is 6. The van der Waals surface area contributed by atoms with Gasteiger partial charge in [0.1, 0.15) is 11.5 Å². The van der Waals surface area contributed by atoms with E-state index in [0.717, 1.165) is 59.9 Å². The molecule has 6 N–H and O–H groups in total. The van der Waals surface area contributed by atoms with Crippen molar-refractivity contribution in [2.45, 2.75) is 89.4 Å². The molecule has 332 valence electrons. The predicted octanol–water partition coefficient (Wildman–Crippen LogP) is 12.1. The van der Waals surface area contributed by atoms with E-state index in [1.807, 2.05) is 42.5 Å². The van der Waals surface area contributed by atoms with E-state index >= 15 is 0 Å². The van der Waals surface area contributed by atoms with Crippen LogP contribution in [0.5, 0.6) is 11.5 Å². The van der Waals surface area contributed by atoms with Gasteiger partial charge >= 0.3 is 23.9 Å². The first-order valence-corrected chi connectivity index (χ1v) is 21.4. The number of fused-ring (bicyclic) bond motifs is 1. The summed E-state index contributed by atoms with van der Waals surface area (Å²) < 4.78 is 0. The topological polar surface area (TPSA) is 190 Å². The van der Waals surface area contributed by atoms with E-state index in [-0.39, 0.29) is 46.3 Å². The number of aliphatic carboxylic acids is 2. The summed E-state index contributed by atoms with van der Waals surface area (Å²) in [5.41, 5.74) is 8.11. The van der Waals surface area contributed by atoms with Gasteiger partial charge in [0.15, 0.2) is 0 Å². The zero-order valence-corrected chi connectivity index (χ0v) is 36.5. The van der Waals surface area contributed by atoms with Crippen LogP contribution in [0.15, 0.2) is 133 Å². The molecule has 10 heteroatoms. The van der Waals surface area contributed by atoms with Gasteiger partial charge < -0.3 is 30.6 Å². The van der Waals surface area contributed by atoms with Gasteiger partial charge in [0.2, 0.25) is 0 Å². The van der Waals surface area contributed by atoms with E-state index in [9.17, 15) is 24.3 Å². The molecule has 0 fully saturated rings. The van der Waals surface area contributed by atoms with Crippen LogP contribution in [0.25, 0.3) is 28.0 Å². The van der Waals surface area contributed by atoms with E-state index in [0.29, 0.717) is 12.8 Å². The molecule has 2 aliphatic carbocycles. The summed E-state index contributed by atoms with van der Waals surface area (Å²) in [7, 11) is 0. The summed E-state index contributed by atoms with van der Waals surface area (Å²) >= 11 is 0. The average molecular weight is 865 g/mol. The first-order valence-electron chi connectivity index (χ1n) is 21.4. The number of carboxylic acids is 4. The second-order valence-electron chi connectivity index (χ2n) is 17.0. The third kappa shape index (κ3) is 12.7.